The summed E-state index contributed by atoms with van der Waals surface area (Å²) >= 11 is 4.40. The van der Waals surface area contributed by atoms with E-state index in [0.29, 0.717) is 22.2 Å². The molecule has 0 saturated heterocycles. The second kappa shape index (κ2) is 7.38. The molecule has 2 N–H and O–H groups in total. The third-order valence-electron chi connectivity index (χ3n) is 2.12. The van der Waals surface area contributed by atoms with Gasteiger partial charge in [-0.15, -0.1) is 0 Å². The highest BCUT2D eigenvalue weighted by Gasteiger charge is 2.16. The summed E-state index contributed by atoms with van der Waals surface area (Å²) in [4.78, 5) is 20.9. The molecule has 0 saturated carbocycles. The molecular formula is C11H11BrFNO3S. The Morgan fingerprint density at radius 2 is 2.33 bits per heavy atom. The molecule has 98 valence electrons. The van der Waals surface area contributed by atoms with Crippen molar-refractivity contribution in [1.29, 1.82) is 0 Å². The second-order valence-electron chi connectivity index (χ2n) is 3.43. The van der Waals surface area contributed by atoms with Gasteiger partial charge in [-0.3, -0.25) is 4.79 Å². The first-order chi connectivity index (χ1) is 8.54. The lowest BCUT2D eigenvalue weighted by Crippen LogP contribution is -2.37. The maximum absolute atomic E-state index is 13.5. The fraction of sp³-hybridized carbons (Fsp3) is 0.273. The van der Waals surface area contributed by atoms with Gasteiger partial charge < -0.3 is 10.4 Å². The molecule has 0 heterocycles. The van der Waals surface area contributed by atoms with Crippen molar-refractivity contribution < 1.29 is 19.1 Å². The molecule has 0 aliphatic rings. The maximum Gasteiger partial charge on any atom is 0.327 e. The summed E-state index contributed by atoms with van der Waals surface area (Å²) in [6, 6.07) is 3.76. The third-order valence-corrected chi connectivity index (χ3v) is 3.70. The summed E-state index contributed by atoms with van der Waals surface area (Å²) in [7, 11) is 0. The van der Waals surface area contributed by atoms with Gasteiger partial charge in [0.2, 0.25) is 6.41 Å². The molecule has 1 amide bonds. The zero-order chi connectivity index (χ0) is 13.5. The lowest BCUT2D eigenvalue weighted by Gasteiger charge is -2.10. The zero-order valence-electron chi connectivity index (χ0n) is 9.23. The molecule has 1 aromatic rings. The zero-order valence-corrected chi connectivity index (χ0v) is 11.6. The van der Waals surface area contributed by atoms with E-state index >= 15 is 0 Å². The van der Waals surface area contributed by atoms with Gasteiger partial charge in [-0.2, -0.15) is 11.8 Å². The minimum absolute atomic E-state index is 0.184. The quantitative estimate of drug-likeness (QED) is 0.748. The molecule has 18 heavy (non-hydrogen) atoms. The number of hydrogen-bond acceptors (Lipinski definition) is 3. The van der Waals surface area contributed by atoms with E-state index in [0.717, 1.165) is 0 Å². The van der Waals surface area contributed by atoms with E-state index in [1.54, 1.807) is 12.1 Å². The van der Waals surface area contributed by atoms with Crippen LogP contribution < -0.4 is 5.32 Å². The van der Waals surface area contributed by atoms with Crippen molar-refractivity contribution >= 4 is 40.1 Å². The summed E-state index contributed by atoms with van der Waals surface area (Å²) < 4.78 is 14.1. The topological polar surface area (TPSA) is 66.4 Å². The predicted molar refractivity (Wildman–Crippen MR) is 70.9 cm³/mol. The molecule has 1 atom stereocenters. The molecule has 0 fully saturated rings. The van der Waals surface area contributed by atoms with Gasteiger partial charge in [-0.25, -0.2) is 9.18 Å². The Labute approximate surface area is 116 Å². The number of nitrogens with one attached hydrogen (secondary N) is 1. The molecule has 0 aliphatic carbocycles. The number of amides is 1. The van der Waals surface area contributed by atoms with Crippen LogP contribution in [0.25, 0.3) is 0 Å². The van der Waals surface area contributed by atoms with Gasteiger partial charge >= 0.3 is 5.97 Å². The molecule has 4 nitrogen and oxygen atoms in total. The summed E-state index contributed by atoms with van der Waals surface area (Å²) in [5.74, 6) is -0.912. The van der Waals surface area contributed by atoms with Gasteiger partial charge in [0.05, 0.1) is 0 Å². The number of hydrogen-bond donors (Lipinski definition) is 2. The van der Waals surface area contributed by atoms with Crippen LogP contribution in [0.2, 0.25) is 0 Å². The summed E-state index contributed by atoms with van der Waals surface area (Å²) in [5.41, 5.74) is 0.499. The third kappa shape index (κ3) is 4.66. The van der Waals surface area contributed by atoms with Gasteiger partial charge in [0, 0.05) is 16.0 Å². The minimum Gasteiger partial charge on any atom is -0.480 e. The van der Waals surface area contributed by atoms with Gasteiger partial charge in [-0.05, 0) is 17.7 Å². The van der Waals surface area contributed by atoms with Crippen LogP contribution in [0.5, 0.6) is 0 Å². The molecule has 7 heteroatoms. The van der Waals surface area contributed by atoms with Gasteiger partial charge in [0.25, 0.3) is 0 Å². The van der Waals surface area contributed by atoms with Crippen molar-refractivity contribution in [2.45, 2.75) is 11.8 Å². The fourth-order valence-corrected chi connectivity index (χ4v) is 2.58. The number of carbonyl (C=O) groups excluding carboxylic acids is 1. The number of carbonyl (C=O) groups is 2. The Kier molecular flexibility index (Phi) is 6.14. The van der Waals surface area contributed by atoms with Crippen LogP contribution in [0.3, 0.4) is 0 Å². The lowest BCUT2D eigenvalue weighted by molar-refractivity contribution is -0.139. The SMILES string of the molecule is O=CNC(CSCc1ccc(Br)cc1F)C(=O)O. The van der Waals surface area contributed by atoms with E-state index < -0.39 is 12.0 Å². The van der Waals surface area contributed by atoms with E-state index in [4.69, 9.17) is 5.11 Å². The van der Waals surface area contributed by atoms with E-state index in [9.17, 15) is 14.0 Å². The van der Waals surface area contributed by atoms with Crippen LogP contribution in [-0.2, 0) is 15.3 Å². The van der Waals surface area contributed by atoms with Crippen molar-refractivity contribution in [2.24, 2.45) is 0 Å². The first kappa shape index (κ1) is 15.0. The second-order valence-corrected chi connectivity index (χ2v) is 5.37. The average molecular weight is 336 g/mol. The van der Waals surface area contributed by atoms with Crippen LogP contribution in [0.15, 0.2) is 22.7 Å². The summed E-state index contributed by atoms with van der Waals surface area (Å²) in [6.45, 7) is 0. The molecule has 1 unspecified atom stereocenters. The standard InChI is InChI=1S/C11H11BrFNO3S/c12-8-2-1-7(9(13)3-8)4-18-5-10(11(16)17)14-6-15/h1-3,6,10H,4-5H2,(H,14,15)(H,16,17). The molecule has 0 aliphatic heterocycles. The van der Waals surface area contributed by atoms with E-state index in [1.165, 1.54) is 17.8 Å². The first-order valence-corrected chi connectivity index (χ1v) is 6.93. The Bertz CT molecular complexity index is 444. The molecule has 0 radical (unpaired) electrons. The highest BCUT2D eigenvalue weighted by molar-refractivity contribution is 9.10. The summed E-state index contributed by atoms with van der Waals surface area (Å²) in [6.07, 6.45) is 0.347. The number of halogens is 2. The van der Waals surface area contributed by atoms with Gasteiger partial charge in [0.1, 0.15) is 11.9 Å². The maximum atomic E-state index is 13.5. The van der Waals surface area contributed by atoms with Crippen molar-refractivity contribution in [3.8, 4) is 0 Å². The van der Waals surface area contributed by atoms with E-state index in [-0.39, 0.29) is 11.6 Å². The Balaban J connectivity index is 2.49. The van der Waals surface area contributed by atoms with Crippen LogP contribution in [-0.4, -0.2) is 29.3 Å². The number of carboxylic acid groups (broad SMARTS) is 1. The lowest BCUT2D eigenvalue weighted by atomic mass is 10.2. The highest BCUT2D eigenvalue weighted by Crippen LogP contribution is 2.20. The molecule has 1 rings (SSSR count). The predicted octanol–water partition coefficient (Wildman–Crippen LogP) is 2.02. The number of aliphatic carboxylic acids is 1. The highest BCUT2D eigenvalue weighted by atomic mass is 79.9. The van der Waals surface area contributed by atoms with Crippen molar-refractivity contribution in [2.75, 3.05) is 5.75 Å². The molecule has 0 spiro atoms. The Hall–Kier alpha value is -1.08. The van der Waals surface area contributed by atoms with Crippen molar-refractivity contribution in [1.82, 2.24) is 5.32 Å². The number of rotatable bonds is 7. The number of thioether (sulfide) groups is 1. The van der Waals surface area contributed by atoms with Gasteiger partial charge in [0.15, 0.2) is 0 Å². The molecular weight excluding hydrogens is 325 g/mol. The van der Waals surface area contributed by atoms with Gasteiger partial charge in [-0.1, -0.05) is 22.0 Å². The normalized spacial score (nSPS) is 11.9. The van der Waals surface area contributed by atoms with Crippen molar-refractivity contribution in [3.63, 3.8) is 0 Å². The molecule has 1 aromatic carbocycles. The number of benzene rings is 1. The largest absolute Gasteiger partial charge is 0.480 e. The Morgan fingerprint density at radius 1 is 1.61 bits per heavy atom. The van der Waals surface area contributed by atoms with E-state index in [1.807, 2.05) is 0 Å². The van der Waals surface area contributed by atoms with Crippen LogP contribution in [0.4, 0.5) is 4.39 Å². The first-order valence-electron chi connectivity index (χ1n) is 4.98. The van der Waals surface area contributed by atoms with Crippen LogP contribution in [0.1, 0.15) is 5.56 Å². The van der Waals surface area contributed by atoms with E-state index in [2.05, 4.69) is 21.2 Å². The Morgan fingerprint density at radius 3 is 2.89 bits per heavy atom. The molecule has 0 bridgehead atoms. The van der Waals surface area contributed by atoms with Crippen molar-refractivity contribution in [3.05, 3.63) is 34.1 Å². The monoisotopic (exact) mass is 335 g/mol. The average Bonchev–Trinajstić information content (AvgIpc) is 2.30. The van der Waals surface area contributed by atoms with Crippen LogP contribution >= 0.6 is 27.7 Å². The number of carboxylic acids is 1. The minimum atomic E-state index is -1.11. The fourth-order valence-electron chi connectivity index (χ4n) is 1.20. The summed E-state index contributed by atoms with van der Waals surface area (Å²) in [5, 5.41) is 11.0. The molecule has 0 aromatic heterocycles. The van der Waals surface area contributed by atoms with Crippen LogP contribution in [0, 0.1) is 5.82 Å². The smallest absolute Gasteiger partial charge is 0.327 e.